The number of halogens is 1. The Hall–Kier alpha value is -3.12. The molecule has 0 saturated heterocycles. The molecule has 4 nitrogen and oxygen atoms in total. The van der Waals surface area contributed by atoms with Crippen LogP contribution in [0.15, 0.2) is 83.8 Å². The Morgan fingerprint density at radius 1 is 1.00 bits per heavy atom. The van der Waals surface area contributed by atoms with Crippen molar-refractivity contribution in [3.05, 3.63) is 101 Å². The number of hydrogen-bond donors (Lipinski definition) is 2. The van der Waals surface area contributed by atoms with Crippen LogP contribution in [0.1, 0.15) is 54.8 Å². The monoisotopic (exact) mass is 462 g/mol. The Balaban J connectivity index is 1.44. The first-order chi connectivity index (χ1) is 15.8. The molecule has 0 unspecified atom stereocenters. The van der Waals surface area contributed by atoms with E-state index in [2.05, 4.69) is 36.0 Å². The highest BCUT2D eigenvalue weighted by Gasteiger charge is 2.38. The zero-order valence-corrected chi connectivity index (χ0v) is 19.4. The number of allylic oxidation sites excluding steroid dienone is 2. The van der Waals surface area contributed by atoms with Gasteiger partial charge in [-0.25, -0.2) is 12.8 Å². The van der Waals surface area contributed by atoms with Gasteiger partial charge < -0.3 is 5.32 Å². The molecule has 0 saturated carbocycles. The number of rotatable bonds is 5. The van der Waals surface area contributed by atoms with Gasteiger partial charge in [0.25, 0.3) is 10.0 Å². The molecule has 1 heterocycles. The highest BCUT2D eigenvalue weighted by atomic mass is 32.2. The molecule has 3 aromatic rings. The summed E-state index contributed by atoms with van der Waals surface area (Å²) in [6, 6.07) is 19.4. The van der Waals surface area contributed by atoms with Gasteiger partial charge in [-0.2, -0.15) is 0 Å². The molecule has 3 atom stereocenters. The molecule has 0 spiro atoms. The summed E-state index contributed by atoms with van der Waals surface area (Å²) < 4.78 is 42.4. The fraction of sp³-hybridized carbons (Fsp3) is 0.259. The maximum Gasteiger partial charge on any atom is 0.261 e. The molecular weight excluding hydrogens is 435 g/mol. The van der Waals surface area contributed by atoms with Crippen LogP contribution in [0.3, 0.4) is 0 Å². The molecule has 3 aromatic carbocycles. The Bertz CT molecular complexity index is 1300. The second-order valence-corrected chi connectivity index (χ2v) is 10.8. The number of benzene rings is 3. The van der Waals surface area contributed by atoms with Crippen molar-refractivity contribution in [2.75, 3.05) is 10.0 Å². The SMILES string of the molecule is CC(C)c1ccc(NS(=O)(=O)c2ccc3c(c2)[C@H]2C=CC[C@H]2[C@@H](c2ccc(F)cc2)N3)cc1. The number of nitrogens with one attached hydrogen (secondary N) is 2. The molecular formula is C27H27FN2O2S. The third-order valence-electron chi connectivity index (χ3n) is 6.70. The van der Waals surface area contributed by atoms with Crippen molar-refractivity contribution >= 4 is 21.4 Å². The van der Waals surface area contributed by atoms with Gasteiger partial charge in [-0.3, -0.25) is 4.72 Å². The Morgan fingerprint density at radius 2 is 1.73 bits per heavy atom. The van der Waals surface area contributed by atoms with Gasteiger partial charge in [0, 0.05) is 17.3 Å². The lowest BCUT2D eigenvalue weighted by molar-refractivity contribution is 0.424. The molecule has 170 valence electrons. The lowest BCUT2D eigenvalue weighted by Crippen LogP contribution is -2.29. The highest BCUT2D eigenvalue weighted by Crippen LogP contribution is 2.50. The van der Waals surface area contributed by atoms with Gasteiger partial charge in [-0.05, 0) is 77.4 Å². The molecule has 0 bridgehead atoms. The maximum atomic E-state index is 13.4. The third-order valence-corrected chi connectivity index (χ3v) is 8.08. The van der Waals surface area contributed by atoms with Crippen LogP contribution in [0.25, 0.3) is 0 Å². The van der Waals surface area contributed by atoms with Crippen LogP contribution in [0.4, 0.5) is 15.8 Å². The topological polar surface area (TPSA) is 58.2 Å². The molecule has 0 radical (unpaired) electrons. The van der Waals surface area contributed by atoms with Crippen molar-refractivity contribution in [1.82, 2.24) is 0 Å². The van der Waals surface area contributed by atoms with Gasteiger partial charge in [0.15, 0.2) is 0 Å². The van der Waals surface area contributed by atoms with E-state index < -0.39 is 10.0 Å². The first-order valence-electron chi connectivity index (χ1n) is 11.3. The minimum absolute atomic E-state index is 0.0400. The van der Waals surface area contributed by atoms with Crippen LogP contribution < -0.4 is 10.0 Å². The molecule has 1 aliphatic heterocycles. The molecule has 1 aliphatic carbocycles. The smallest absolute Gasteiger partial charge is 0.261 e. The summed E-state index contributed by atoms with van der Waals surface area (Å²) in [5.74, 6) is 0.487. The maximum absolute atomic E-state index is 13.4. The Labute approximate surface area is 194 Å². The second kappa shape index (κ2) is 8.34. The van der Waals surface area contributed by atoms with E-state index in [0.717, 1.165) is 28.8 Å². The van der Waals surface area contributed by atoms with E-state index >= 15 is 0 Å². The number of sulfonamides is 1. The summed E-state index contributed by atoms with van der Waals surface area (Å²) in [4.78, 5) is 0.246. The zero-order valence-electron chi connectivity index (χ0n) is 18.6. The van der Waals surface area contributed by atoms with Crippen molar-refractivity contribution in [1.29, 1.82) is 0 Å². The molecule has 0 amide bonds. The predicted molar refractivity (Wildman–Crippen MR) is 131 cm³/mol. The number of hydrogen-bond acceptors (Lipinski definition) is 3. The van der Waals surface area contributed by atoms with Gasteiger partial charge in [0.05, 0.1) is 10.9 Å². The minimum atomic E-state index is -3.72. The largest absolute Gasteiger partial charge is 0.378 e. The fourth-order valence-corrected chi connectivity index (χ4v) is 5.98. The summed E-state index contributed by atoms with van der Waals surface area (Å²) >= 11 is 0. The summed E-state index contributed by atoms with van der Waals surface area (Å²) in [5.41, 5.74) is 4.63. The summed E-state index contributed by atoms with van der Waals surface area (Å²) in [6.07, 6.45) is 5.20. The van der Waals surface area contributed by atoms with Gasteiger partial charge >= 0.3 is 0 Å². The molecule has 33 heavy (non-hydrogen) atoms. The summed E-state index contributed by atoms with van der Waals surface area (Å²) in [6.45, 7) is 4.21. The second-order valence-electron chi connectivity index (χ2n) is 9.16. The average Bonchev–Trinajstić information content (AvgIpc) is 3.29. The average molecular weight is 463 g/mol. The summed E-state index contributed by atoms with van der Waals surface area (Å²) in [5, 5.41) is 3.57. The van der Waals surface area contributed by atoms with Crippen LogP contribution in [0.2, 0.25) is 0 Å². The van der Waals surface area contributed by atoms with E-state index in [9.17, 15) is 12.8 Å². The quantitative estimate of drug-likeness (QED) is 0.421. The van der Waals surface area contributed by atoms with Crippen LogP contribution >= 0.6 is 0 Å². The van der Waals surface area contributed by atoms with Crippen LogP contribution in [0.5, 0.6) is 0 Å². The van der Waals surface area contributed by atoms with Crippen LogP contribution in [-0.2, 0) is 10.0 Å². The zero-order chi connectivity index (χ0) is 23.2. The van der Waals surface area contributed by atoms with Crippen molar-refractivity contribution in [3.63, 3.8) is 0 Å². The third kappa shape index (κ3) is 4.15. The van der Waals surface area contributed by atoms with Gasteiger partial charge in [-0.15, -0.1) is 0 Å². The molecule has 5 rings (SSSR count). The van der Waals surface area contributed by atoms with Gasteiger partial charge in [-0.1, -0.05) is 50.3 Å². The number of anilines is 2. The standard InChI is InChI=1S/C27H27FN2O2S/c1-17(2)18-8-12-21(13-9-18)30-33(31,32)22-14-15-26-25(16-22)23-4-3-5-24(23)27(29-26)19-6-10-20(28)11-7-19/h3-4,6-17,23-24,27,29-30H,5H2,1-2H3/t23-,24+,27+/m0/s1. The molecule has 2 aliphatic rings. The van der Waals surface area contributed by atoms with E-state index in [1.54, 1.807) is 24.3 Å². The van der Waals surface area contributed by atoms with E-state index in [-0.39, 0.29) is 28.6 Å². The van der Waals surface area contributed by atoms with Crippen LogP contribution in [0, 0.1) is 11.7 Å². The normalized spacial score (nSPS) is 21.4. The molecule has 2 N–H and O–H groups in total. The Morgan fingerprint density at radius 3 is 2.42 bits per heavy atom. The van der Waals surface area contributed by atoms with Crippen molar-refractivity contribution in [2.45, 2.75) is 43.0 Å². The van der Waals surface area contributed by atoms with E-state index in [1.165, 1.54) is 12.1 Å². The fourth-order valence-electron chi connectivity index (χ4n) is 4.89. The van der Waals surface area contributed by atoms with E-state index in [1.807, 2.05) is 30.3 Å². The van der Waals surface area contributed by atoms with Crippen molar-refractivity contribution in [2.24, 2.45) is 5.92 Å². The first kappa shape index (κ1) is 21.7. The van der Waals surface area contributed by atoms with Gasteiger partial charge in [0.2, 0.25) is 0 Å². The van der Waals surface area contributed by atoms with Crippen molar-refractivity contribution in [3.8, 4) is 0 Å². The number of fused-ring (bicyclic) bond motifs is 3. The predicted octanol–water partition coefficient (Wildman–Crippen LogP) is 6.58. The minimum Gasteiger partial charge on any atom is -0.378 e. The molecule has 0 aromatic heterocycles. The Kier molecular flexibility index (Phi) is 5.49. The lowest BCUT2D eigenvalue weighted by Gasteiger charge is -2.37. The van der Waals surface area contributed by atoms with Gasteiger partial charge in [0.1, 0.15) is 5.82 Å². The van der Waals surface area contributed by atoms with E-state index in [4.69, 9.17) is 0 Å². The first-order valence-corrected chi connectivity index (χ1v) is 12.8. The lowest BCUT2D eigenvalue weighted by atomic mass is 9.77. The van der Waals surface area contributed by atoms with Crippen LogP contribution in [-0.4, -0.2) is 8.42 Å². The molecule has 0 fully saturated rings. The van der Waals surface area contributed by atoms with E-state index in [0.29, 0.717) is 11.6 Å². The van der Waals surface area contributed by atoms with Crippen molar-refractivity contribution < 1.29 is 12.8 Å². The molecule has 6 heteroatoms. The summed E-state index contributed by atoms with van der Waals surface area (Å²) in [7, 11) is -3.72. The highest BCUT2D eigenvalue weighted by molar-refractivity contribution is 7.92.